The molecule has 1 N–H and O–H groups in total. The normalized spacial score (nSPS) is 11.6. The monoisotopic (exact) mass is 410 g/mol. The van der Waals surface area contributed by atoms with E-state index in [2.05, 4.69) is 25.4 Å². The molecule has 0 unspecified atom stereocenters. The molecule has 2 aromatic carbocycles. The lowest BCUT2D eigenvalue weighted by Crippen LogP contribution is -2.18. The predicted molar refractivity (Wildman–Crippen MR) is 92.9 cm³/mol. The maximum absolute atomic E-state index is 12.2. The fourth-order valence-electron chi connectivity index (χ4n) is 2.03. The summed E-state index contributed by atoms with van der Waals surface area (Å²) in [6.07, 6.45) is -3.44. The Bertz CT molecular complexity index is 1000. The zero-order valence-electron chi connectivity index (χ0n) is 13.8. The zero-order valence-corrected chi connectivity index (χ0v) is 14.5. The van der Waals surface area contributed by atoms with Crippen molar-refractivity contribution in [3.05, 3.63) is 65.0 Å². The number of aromatic nitrogens is 2. The Hall–Kier alpha value is -3.40. The number of ether oxygens (including phenoxy) is 1. The Balaban J connectivity index is 1.65. The summed E-state index contributed by atoms with van der Waals surface area (Å²) in [5.74, 6) is -1.52. The van der Waals surface area contributed by atoms with Crippen LogP contribution in [0.2, 0.25) is 5.02 Å². The Morgan fingerprint density at radius 3 is 2.57 bits per heavy atom. The molecule has 0 atom stereocenters. The number of halogens is 4. The van der Waals surface area contributed by atoms with Crippen molar-refractivity contribution in [2.75, 3.05) is 0 Å². The molecule has 1 aromatic heterocycles. The molecule has 0 aliphatic rings. The molecule has 7 nitrogen and oxygen atoms in total. The summed E-state index contributed by atoms with van der Waals surface area (Å²) in [5.41, 5.74) is 3.13. The number of rotatable bonds is 5. The van der Waals surface area contributed by atoms with Crippen molar-refractivity contribution >= 4 is 23.7 Å². The topological polar surface area (TPSA) is 89.6 Å². The average molecular weight is 411 g/mol. The van der Waals surface area contributed by atoms with E-state index in [0.717, 1.165) is 12.1 Å². The molecule has 0 bridgehead atoms. The van der Waals surface area contributed by atoms with E-state index in [1.807, 2.05) is 0 Å². The van der Waals surface area contributed by atoms with Gasteiger partial charge in [-0.05, 0) is 30.3 Å². The van der Waals surface area contributed by atoms with E-state index in [0.29, 0.717) is 16.1 Å². The number of hydrazone groups is 1. The van der Waals surface area contributed by atoms with Gasteiger partial charge in [0.05, 0.1) is 6.21 Å². The quantitative estimate of drug-likeness (QED) is 0.506. The van der Waals surface area contributed by atoms with E-state index in [-0.39, 0.29) is 11.7 Å². The molecule has 0 aliphatic carbocycles. The van der Waals surface area contributed by atoms with Crippen LogP contribution in [-0.2, 0) is 0 Å². The van der Waals surface area contributed by atoms with Gasteiger partial charge < -0.3 is 9.26 Å². The van der Waals surface area contributed by atoms with Crippen LogP contribution in [0.25, 0.3) is 11.4 Å². The van der Waals surface area contributed by atoms with Gasteiger partial charge in [-0.2, -0.15) is 10.1 Å². The van der Waals surface area contributed by atoms with Gasteiger partial charge in [-0.15, -0.1) is 13.2 Å². The van der Waals surface area contributed by atoms with E-state index in [4.69, 9.17) is 16.1 Å². The number of hydrogen-bond acceptors (Lipinski definition) is 6. The number of amides is 1. The van der Waals surface area contributed by atoms with Crippen LogP contribution < -0.4 is 10.2 Å². The molecule has 3 aromatic rings. The molecule has 0 aliphatic heterocycles. The molecular weight excluding hydrogens is 401 g/mol. The summed E-state index contributed by atoms with van der Waals surface area (Å²) in [6, 6.07) is 11.6. The average Bonchev–Trinajstić information content (AvgIpc) is 3.13. The predicted octanol–water partition coefficient (Wildman–Crippen LogP) is 4.05. The van der Waals surface area contributed by atoms with E-state index < -0.39 is 18.0 Å². The van der Waals surface area contributed by atoms with Crippen LogP contribution in [0.4, 0.5) is 13.2 Å². The maximum Gasteiger partial charge on any atom is 0.573 e. The van der Waals surface area contributed by atoms with Crippen molar-refractivity contribution < 1.29 is 27.2 Å². The second kappa shape index (κ2) is 8.09. The number of nitrogens with zero attached hydrogens (tertiary/aromatic N) is 3. The number of carbonyl (C=O) groups excluding carboxylic acids is 1. The van der Waals surface area contributed by atoms with Crippen LogP contribution in [-0.4, -0.2) is 28.6 Å². The molecule has 28 heavy (non-hydrogen) atoms. The van der Waals surface area contributed by atoms with Crippen molar-refractivity contribution in [3.8, 4) is 17.1 Å². The Kier molecular flexibility index (Phi) is 5.59. The van der Waals surface area contributed by atoms with Gasteiger partial charge in [-0.3, -0.25) is 4.79 Å². The minimum Gasteiger partial charge on any atom is -0.406 e. The minimum absolute atomic E-state index is 0.0128. The fourth-order valence-corrected chi connectivity index (χ4v) is 2.21. The summed E-state index contributed by atoms with van der Waals surface area (Å²) in [7, 11) is 0. The maximum atomic E-state index is 12.2. The van der Waals surface area contributed by atoms with E-state index in [1.54, 1.807) is 24.3 Å². The highest BCUT2D eigenvalue weighted by Gasteiger charge is 2.31. The molecule has 11 heteroatoms. The standard InChI is InChI=1S/C17H10ClF3N4O3/c18-13-4-2-1-3-11(13)9-22-24-15(26)16-23-14(25-28-16)10-5-7-12(8-6-10)27-17(19,20)21/h1-9H,(H,24,26)/b22-9-. The highest BCUT2D eigenvalue weighted by Crippen LogP contribution is 2.25. The first kappa shape index (κ1) is 19.4. The van der Waals surface area contributed by atoms with Crippen LogP contribution in [0.3, 0.4) is 0 Å². The number of alkyl halides is 3. The lowest BCUT2D eigenvalue weighted by Gasteiger charge is -2.08. The third-order valence-electron chi connectivity index (χ3n) is 3.24. The molecule has 0 radical (unpaired) electrons. The van der Waals surface area contributed by atoms with Gasteiger partial charge in [0.25, 0.3) is 0 Å². The highest BCUT2D eigenvalue weighted by molar-refractivity contribution is 6.33. The number of nitrogens with one attached hydrogen (secondary N) is 1. The van der Waals surface area contributed by atoms with Gasteiger partial charge in [0, 0.05) is 16.1 Å². The molecule has 1 heterocycles. The Morgan fingerprint density at radius 2 is 1.89 bits per heavy atom. The molecule has 0 fully saturated rings. The Labute approximate surface area is 160 Å². The van der Waals surface area contributed by atoms with Crippen molar-refractivity contribution in [1.82, 2.24) is 15.6 Å². The van der Waals surface area contributed by atoms with Gasteiger partial charge in [-0.1, -0.05) is 35.0 Å². The van der Waals surface area contributed by atoms with Gasteiger partial charge in [0.2, 0.25) is 5.82 Å². The summed E-state index contributed by atoms with van der Waals surface area (Å²) >= 11 is 5.96. The van der Waals surface area contributed by atoms with Crippen molar-refractivity contribution in [2.24, 2.45) is 5.10 Å². The molecule has 3 rings (SSSR count). The fraction of sp³-hybridized carbons (Fsp3) is 0.0588. The second-order valence-corrected chi connectivity index (χ2v) is 5.62. The van der Waals surface area contributed by atoms with Crippen LogP contribution in [0.1, 0.15) is 16.2 Å². The van der Waals surface area contributed by atoms with Crippen LogP contribution in [0, 0.1) is 0 Å². The smallest absolute Gasteiger partial charge is 0.406 e. The lowest BCUT2D eigenvalue weighted by atomic mass is 10.2. The minimum atomic E-state index is -4.79. The molecule has 0 saturated heterocycles. The highest BCUT2D eigenvalue weighted by atomic mass is 35.5. The second-order valence-electron chi connectivity index (χ2n) is 5.22. The number of benzene rings is 2. The van der Waals surface area contributed by atoms with Crippen molar-refractivity contribution in [3.63, 3.8) is 0 Å². The van der Waals surface area contributed by atoms with Crippen LogP contribution >= 0.6 is 11.6 Å². The third kappa shape index (κ3) is 5.07. The lowest BCUT2D eigenvalue weighted by molar-refractivity contribution is -0.274. The first-order valence-electron chi connectivity index (χ1n) is 7.60. The molecular formula is C17H10ClF3N4O3. The van der Waals surface area contributed by atoms with Gasteiger partial charge >= 0.3 is 18.2 Å². The zero-order chi connectivity index (χ0) is 20.1. The first-order valence-corrected chi connectivity index (χ1v) is 7.97. The summed E-state index contributed by atoms with van der Waals surface area (Å²) in [4.78, 5) is 15.9. The van der Waals surface area contributed by atoms with E-state index in [1.165, 1.54) is 18.3 Å². The summed E-state index contributed by atoms with van der Waals surface area (Å²) < 4.78 is 45.1. The van der Waals surface area contributed by atoms with Gasteiger partial charge in [0.1, 0.15) is 5.75 Å². The SMILES string of the molecule is O=C(N/N=C\c1ccccc1Cl)c1nc(-c2ccc(OC(F)(F)F)cc2)no1. The largest absolute Gasteiger partial charge is 0.573 e. The number of carbonyl (C=O) groups is 1. The van der Waals surface area contributed by atoms with E-state index >= 15 is 0 Å². The summed E-state index contributed by atoms with van der Waals surface area (Å²) in [6.45, 7) is 0. The molecule has 1 amide bonds. The third-order valence-corrected chi connectivity index (χ3v) is 3.59. The van der Waals surface area contributed by atoms with Gasteiger partial charge in [0.15, 0.2) is 0 Å². The van der Waals surface area contributed by atoms with Crippen LogP contribution in [0.5, 0.6) is 5.75 Å². The van der Waals surface area contributed by atoms with Crippen molar-refractivity contribution in [2.45, 2.75) is 6.36 Å². The van der Waals surface area contributed by atoms with Crippen molar-refractivity contribution in [1.29, 1.82) is 0 Å². The first-order chi connectivity index (χ1) is 13.3. The molecule has 0 saturated carbocycles. The Morgan fingerprint density at radius 1 is 1.18 bits per heavy atom. The summed E-state index contributed by atoms with van der Waals surface area (Å²) in [5, 5.41) is 7.81. The van der Waals surface area contributed by atoms with Crippen LogP contribution in [0.15, 0.2) is 58.2 Å². The molecule has 0 spiro atoms. The van der Waals surface area contributed by atoms with E-state index in [9.17, 15) is 18.0 Å². The van der Waals surface area contributed by atoms with Gasteiger partial charge in [-0.25, -0.2) is 5.43 Å². The molecule has 144 valence electrons. The number of hydrogen-bond donors (Lipinski definition) is 1.